The van der Waals surface area contributed by atoms with Crippen molar-refractivity contribution in [1.29, 1.82) is 0 Å². The normalized spacial score (nSPS) is 17.1. The minimum atomic E-state index is 0.262. The van der Waals surface area contributed by atoms with E-state index in [1.54, 1.807) is 0 Å². The van der Waals surface area contributed by atoms with Crippen LogP contribution in [0.1, 0.15) is 18.1 Å². The number of anilines is 1. The average Bonchev–Trinajstić information content (AvgIpc) is 3.20. The predicted molar refractivity (Wildman–Crippen MR) is 113 cm³/mol. The Morgan fingerprint density at radius 3 is 2.44 bits per heavy atom. The van der Waals surface area contributed by atoms with E-state index in [2.05, 4.69) is 91.5 Å². The van der Waals surface area contributed by atoms with Crippen molar-refractivity contribution < 1.29 is 4.42 Å². The van der Waals surface area contributed by atoms with Crippen molar-refractivity contribution in [3.63, 3.8) is 0 Å². The second-order valence-electron chi connectivity index (χ2n) is 7.26. The number of para-hydroxylation sites is 2. The van der Waals surface area contributed by atoms with Gasteiger partial charge in [0.15, 0.2) is 0 Å². The van der Waals surface area contributed by atoms with Crippen molar-refractivity contribution >= 4 is 33.3 Å². The minimum absolute atomic E-state index is 0.262. The molecule has 4 aromatic rings. The van der Waals surface area contributed by atoms with Crippen LogP contribution in [0.5, 0.6) is 0 Å². The predicted octanol–water partition coefficient (Wildman–Crippen LogP) is 5.99. The zero-order valence-corrected chi connectivity index (χ0v) is 15.8. The molecule has 0 saturated carbocycles. The molecule has 1 aromatic heterocycles. The topological polar surface area (TPSA) is 19.6 Å². The number of hydrogen-bond acceptors (Lipinski definition) is 3. The molecule has 1 aliphatic heterocycles. The molecule has 0 aliphatic carbocycles. The Hall–Kier alpha value is -3.20. The molecule has 0 radical (unpaired) electrons. The summed E-state index contributed by atoms with van der Waals surface area (Å²) in [6.45, 7) is 4.40. The Morgan fingerprint density at radius 1 is 0.852 bits per heavy atom. The summed E-state index contributed by atoms with van der Waals surface area (Å²) in [4.78, 5) is 4.68. The Kier molecular flexibility index (Phi) is 3.51. The van der Waals surface area contributed by atoms with Gasteiger partial charge in [-0.2, -0.15) is 0 Å². The van der Waals surface area contributed by atoms with E-state index in [9.17, 15) is 0 Å². The molecule has 2 heterocycles. The molecule has 0 N–H and O–H groups in total. The molecular formula is C24H22N2O. The van der Waals surface area contributed by atoms with E-state index < -0.39 is 0 Å². The summed E-state index contributed by atoms with van der Waals surface area (Å²) in [5.41, 5.74) is 6.84. The first-order chi connectivity index (χ1) is 13.1. The minimum Gasteiger partial charge on any atom is -0.456 e. The number of aryl methyl sites for hydroxylation is 1. The van der Waals surface area contributed by atoms with Crippen LogP contribution in [0.3, 0.4) is 0 Å². The standard InChI is InChI=1S/C24H22N2O/c1-16-8-4-6-10-21(16)26-15-22(25(3)17(26)2)18-12-13-24-20(14-18)19-9-5-7-11-23(19)27-24/h4-15,17H,1-3H3. The van der Waals surface area contributed by atoms with Gasteiger partial charge in [0.25, 0.3) is 0 Å². The summed E-state index contributed by atoms with van der Waals surface area (Å²) in [5, 5.41) is 2.33. The molecule has 1 unspecified atom stereocenters. The summed E-state index contributed by atoms with van der Waals surface area (Å²) in [5.74, 6) is 0. The lowest BCUT2D eigenvalue weighted by atomic mass is 10.1. The highest BCUT2D eigenvalue weighted by Gasteiger charge is 2.28. The monoisotopic (exact) mass is 354 g/mol. The number of hydrogen-bond donors (Lipinski definition) is 0. The molecule has 134 valence electrons. The molecule has 3 heteroatoms. The highest BCUT2D eigenvalue weighted by atomic mass is 16.3. The number of furan rings is 1. The molecule has 0 saturated heterocycles. The first kappa shape index (κ1) is 16.0. The molecule has 3 aromatic carbocycles. The van der Waals surface area contributed by atoms with Crippen LogP contribution in [-0.4, -0.2) is 18.1 Å². The Labute approximate surface area is 159 Å². The average molecular weight is 354 g/mol. The molecule has 3 nitrogen and oxygen atoms in total. The van der Waals surface area contributed by atoms with Gasteiger partial charge < -0.3 is 14.2 Å². The van der Waals surface area contributed by atoms with Crippen LogP contribution in [0.25, 0.3) is 27.6 Å². The maximum Gasteiger partial charge on any atom is 0.135 e. The number of fused-ring (bicyclic) bond motifs is 3. The van der Waals surface area contributed by atoms with Gasteiger partial charge in [0.1, 0.15) is 17.3 Å². The van der Waals surface area contributed by atoms with Gasteiger partial charge in [-0.05, 0) is 49.7 Å². The second-order valence-corrected chi connectivity index (χ2v) is 7.26. The van der Waals surface area contributed by atoms with Crippen molar-refractivity contribution in [2.75, 3.05) is 11.9 Å². The molecular weight excluding hydrogens is 332 g/mol. The fourth-order valence-corrected chi connectivity index (χ4v) is 4.01. The van der Waals surface area contributed by atoms with Crippen molar-refractivity contribution in [2.24, 2.45) is 0 Å². The lowest BCUT2D eigenvalue weighted by Crippen LogP contribution is -2.34. The Balaban J connectivity index is 1.64. The van der Waals surface area contributed by atoms with E-state index in [0.717, 1.165) is 11.2 Å². The molecule has 1 atom stereocenters. The smallest absolute Gasteiger partial charge is 0.135 e. The molecule has 0 fully saturated rings. The van der Waals surface area contributed by atoms with E-state index >= 15 is 0 Å². The van der Waals surface area contributed by atoms with Crippen LogP contribution in [0.2, 0.25) is 0 Å². The number of benzene rings is 3. The second kappa shape index (κ2) is 5.92. The highest BCUT2D eigenvalue weighted by Crippen LogP contribution is 2.36. The Morgan fingerprint density at radius 2 is 1.59 bits per heavy atom. The van der Waals surface area contributed by atoms with Gasteiger partial charge in [-0.1, -0.05) is 36.4 Å². The first-order valence-corrected chi connectivity index (χ1v) is 9.34. The summed E-state index contributed by atoms with van der Waals surface area (Å²) < 4.78 is 5.98. The summed E-state index contributed by atoms with van der Waals surface area (Å²) in [6, 6.07) is 23.3. The van der Waals surface area contributed by atoms with Gasteiger partial charge in [-0.15, -0.1) is 0 Å². The van der Waals surface area contributed by atoms with Gasteiger partial charge in [0, 0.05) is 35.3 Å². The summed E-state index contributed by atoms with van der Waals surface area (Å²) >= 11 is 0. The lowest BCUT2D eigenvalue weighted by Gasteiger charge is -2.29. The van der Waals surface area contributed by atoms with Crippen molar-refractivity contribution in [2.45, 2.75) is 20.0 Å². The van der Waals surface area contributed by atoms with Crippen LogP contribution < -0.4 is 4.90 Å². The van der Waals surface area contributed by atoms with Gasteiger partial charge in [-0.3, -0.25) is 0 Å². The third-order valence-corrected chi connectivity index (χ3v) is 5.67. The molecule has 27 heavy (non-hydrogen) atoms. The van der Waals surface area contributed by atoms with E-state index in [4.69, 9.17) is 4.42 Å². The van der Waals surface area contributed by atoms with Crippen LogP contribution in [-0.2, 0) is 0 Å². The van der Waals surface area contributed by atoms with E-state index in [-0.39, 0.29) is 6.17 Å². The SMILES string of the molecule is Cc1ccccc1N1C=C(c2ccc3oc4ccccc4c3c2)N(C)C1C. The van der Waals surface area contributed by atoms with E-state index in [0.29, 0.717) is 0 Å². The fourth-order valence-electron chi connectivity index (χ4n) is 4.01. The number of rotatable bonds is 2. The quantitative estimate of drug-likeness (QED) is 0.441. The Bertz CT molecular complexity index is 1190. The third kappa shape index (κ3) is 2.42. The molecule has 0 spiro atoms. The van der Waals surface area contributed by atoms with E-state index in [1.807, 2.05) is 12.1 Å². The number of nitrogens with zero attached hydrogens (tertiary/aromatic N) is 2. The molecule has 0 bridgehead atoms. The molecule has 5 rings (SSSR count). The summed E-state index contributed by atoms with van der Waals surface area (Å²) in [6.07, 6.45) is 2.52. The van der Waals surface area contributed by atoms with Gasteiger partial charge in [0.05, 0.1) is 5.70 Å². The van der Waals surface area contributed by atoms with Gasteiger partial charge >= 0.3 is 0 Å². The van der Waals surface area contributed by atoms with Crippen LogP contribution in [0.15, 0.2) is 77.3 Å². The maximum atomic E-state index is 5.98. The van der Waals surface area contributed by atoms with Gasteiger partial charge in [-0.25, -0.2) is 0 Å². The fraction of sp³-hybridized carbons (Fsp3) is 0.167. The van der Waals surface area contributed by atoms with Crippen molar-refractivity contribution in [3.05, 3.63) is 84.1 Å². The maximum absolute atomic E-state index is 5.98. The van der Waals surface area contributed by atoms with E-state index in [1.165, 1.54) is 33.3 Å². The lowest BCUT2D eigenvalue weighted by molar-refractivity contribution is 0.399. The summed E-state index contributed by atoms with van der Waals surface area (Å²) in [7, 11) is 2.16. The zero-order valence-electron chi connectivity index (χ0n) is 15.8. The van der Waals surface area contributed by atoms with Crippen LogP contribution >= 0.6 is 0 Å². The van der Waals surface area contributed by atoms with Gasteiger partial charge in [0.2, 0.25) is 0 Å². The molecule has 0 amide bonds. The van der Waals surface area contributed by atoms with Crippen LogP contribution in [0, 0.1) is 6.92 Å². The molecule has 1 aliphatic rings. The highest BCUT2D eigenvalue weighted by molar-refractivity contribution is 6.05. The van der Waals surface area contributed by atoms with Crippen LogP contribution in [0.4, 0.5) is 5.69 Å². The zero-order chi connectivity index (χ0) is 18.5. The first-order valence-electron chi connectivity index (χ1n) is 9.34. The van der Waals surface area contributed by atoms with Crippen molar-refractivity contribution in [3.8, 4) is 0 Å². The van der Waals surface area contributed by atoms with Crippen molar-refractivity contribution in [1.82, 2.24) is 4.90 Å². The largest absolute Gasteiger partial charge is 0.456 e. The third-order valence-electron chi connectivity index (χ3n) is 5.67.